The molecule has 0 fully saturated rings. The number of rotatable bonds is 5. The number of amides is 2. The van der Waals surface area contributed by atoms with Crippen LogP contribution < -0.4 is 10.7 Å². The van der Waals surface area contributed by atoms with Crippen molar-refractivity contribution in [2.75, 3.05) is 5.32 Å². The first-order valence-corrected chi connectivity index (χ1v) is 8.90. The topological polar surface area (TPSA) is 127 Å². The van der Waals surface area contributed by atoms with Crippen molar-refractivity contribution < 1.29 is 18.9 Å². The summed E-state index contributed by atoms with van der Waals surface area (Å²) in [6.45, 7) is 3.85. The molecule has 30 heavy (non-hydrogen) atoms. The minimum atomic E-state index is -0.924. The molecule has 3 aromatic rings. The van der Waals surface area contributed by atoms with Crippen molar-refractivity contribution in [2.45, 2.75) is 13.8 Å². The molecular formula is C21H18N4O5. The first kappa shape index (κ1) is 20.5. The maximum Gasteiger partial charge on any atom is 0.329 e. The van der Waals surface area contributed by atoms with Gasteiger partial charge in [-0.3, -0.25) is 19.7 Å². The lowest BCUT2D eigenvalue weighted by atomic mass is 10.1. The highest BCUT2D eigenvalue weighted by Crippen LogP contribution is 2.24. The van der Waals surface area contributed by atoms with E-state index in [1.807, 2.05) is 19.9 Å². The van der Waals surface area contributed by atoms with Crippen LogP contribution in [0.1, 0.15) is 16.9 Å². The first-order valence-electron chi connectivity index (χ1n) is 8.90. The van der Waals surface area contributed by atoms with E-state index in [-0.39, 0.29) is 5.69 Å². The summed E-state index contributed by atoms with van der Waals surface area (Å²) in [5.41, 5.74) is 5.35. The molecule has 0 spiro atoms. The summed E-state index contributed by atoms with van der Waals surface area (Å²) in [6.07, 6.45) is 1.25. The summed E-state index contributed by atoms with van der Waals surface area (Å²) in [6, 6.07) is 14.5. The zero-order valence-corrected chi connectivity index (χ0v) is 16.2. The van der Waals surface area contributed by atoms with Crippen LogP contribution in [-0.2, 0) is 9.59 Å². The molecular weight excluding hydrogens is 388 g/mol. The monoisotopic (exact) mass is 406 g/mol. The molecule has 0 aliphatic heterocycles. The Kier molecular flexibility index (Phi) is 6.02. The molecule has 0 aliphatic rings. The summed E-state index contributed by atoms with van der Waals surface area (Å²) >= 11 is 0. The van der Waals surface area contributed by atoms with E-state index in [4.69, 9.17) is 4.42 Å². The Morgan fingerprint density at radius 3 is 2.40 bits per heavy atom. The molecule has 0 saturated carbocycles. The summed E-state index contributed by atoms with van der Waals surface area (Å²) in [4.78, 5) is 34.1. The van der Waals surface area contributed by atoms with Crippen LogP contribution in [0.25, 0.3) is 11.3 Å². The number of hydrogen-bond donors (Lipinski definition) is 2. The number of non-ortho nitro benzene ring substituents is 1. The molecule has 0 aliphatic carbocycles. The van der Waals surface area contributed by atoms with E-state index >= 15 is 0 Å². The van der Waals surface area contributed by atoms with Gasteiger partial charge in [0.1, 0.15) is 11.5 Å². The zero-order chi connectivity index (χ0) is 21.7. The van der Waals surface area contributed by atoms with Crippen LogP contribution in [-0.4, -0.2) is 23.0 Å². The van der Waals surface area contributed by atoms with E-state index in [1.54, 1.807) is 36.4 Å². The number of nitro groups is 1. The highest BCUT2D eigenvalue weighted by Gasteiger charge is 2.13. The zero-order valence-electron chi connectivity index (χ0n) is 16.2. The number of furan rings is 1. The fourth-order valence-corrected chi connectivity index (χ4v) is 2.54. The number of hydrazone groups is 1. The number of nitrogens with one attached hydrogen (secondary N) is 2. The van der Waals surface area contributed by atoms with Crippen molar-refractivity contribution in [2.24, 2.45) is 5.10 Å². The standard InChI is InChI=1S/C21H18N4O5/c1-13-3-6-16(11-14(13)2)23-20(26)21(27)24-22-12-18-9-10-19(30-18)15-4-7-17(8-5-15)25(28)29/h3-12H,1-2H3,(H,23,26)(H,24,27)/b22-12+. The molecule has 0 unspecified atom stereocenters. The fourth-order valence-electron chi connectivity index (χ4n) is 2.54. The van der Waals surface area contributed by atoms with Gasteiger partial charge in [-0.05, 0) is 61.4 Å². The number of hydrogen-bond acceptors (Lipinski definition) is 6. The van der Waals surface area contributed by atoms with Crippen LogP contribution in [0, 0.1) is 24.0 Å². The SMILES string of the molecule is Cc1ccc(NC(=O)C(=O)N/N=C/c2ccc(-c3ccc([N+](=O)[O-])cc3)o2)cc1C. The van der Waals surface area contributed by atoms with Crippen molar-refractivity contribution in [3.63, 3.8) is 0 Å². The van der Waals surface area contributed by atoms with Crippen molar-refractivity contribution in [3.8, 4) is 11.3 Å². The average Bonchev–Trinajstić information content (AvgIpc) is 3.19. The minimum Gasteiger partial charge on any atom is -0.455 e. The van der Waals surface area contributed by atoms with E-state index in [0.29, 0.717) is 22.8 Å². The fraction of sp³-hybridized carbons (Fsp3) is 0.0952. The third-order valence-corrected chi connectivity index (χ3v) is 4.32. The molecule has 0 atom stereocenters. The van der Waals surface area contributed by atoms with Gasteiger partial charge in [-0.25, -0.2) is 5.43 Å². The molecule has 0 saturated heterocycles. The Hall–Kier alpha value is -4.27. The molecule has 9 nitrogen and oxygen atoms in total. The molecule has 2 aromatic carbocycles. The smallest absolute Gasteiger partial charge is 0.329 e. The van der Waals surface area contributed by atoms with E-state index in [9.17, 15) is 19.7 Å². The van der Waals surface area contributed by atoms with Gasteiger partial charge in [0.2, 0.25) is 0 Å². The Balaban J connectivity index is 1.57. The predicted octanol–water partition coefficient (Wildman–Crippen LogP) is 3.56. The van der Waals surface area contributed by atoms with Gasteiger partial charge in [-0.15, -0.1) is 0 Å². The lowest BCUT2D eigenvalue weighted by Gasteiger charge is -2.06. The third-order valence-electron chi connectivity index (χ3n) is 4.32. The quantitative estimate of drug-likeness (QED) is 0.290. The summed E-state index contributed by atoms with van der Waals surface area (Å²) < 4.78 is 5.56. The molecule has 9 heteroatoms. The number of carbonyl (C=O) groups is 2. The Morgan fingerprint density at radius 2 is 1.73 bits per heavy atom. The summed E-state index contributed by atoms with van der Waals surface area (Å²) in [5, 5.41) is 16.9. The van der Waals surface area contributed by atoms with Gasteiger partial charge in [0.25, 0.3) is 5.69 Å². The van der Waals surface area contributed by atoms with Gasteiger partial charge in [0.15, 0.2) is 0 Å². The lowest BCUT2D eigenvalue weighted by molar-refractivity contribution is -0.384. The molecule has 152 valence electrons. The van der Waals surface area contributed by atoms with E-state index in [1.165, 1.54) is 18.3 Å². The molecule has 2 amide bonds. The number of anilines is 1. The second-order valence-electron chi connectivity index (χ2n) is 6.46. The minimum absolute atomic E-state index is 0.0196. The Morgan fingerprint density at radius 1 is 1.00 bits per heavy atom. The van der Waals surface area contributed by atoms with Crippen LogP contribution in [0.3, 0.4) is 0 Å². The number of benzene rings is 2. The van der Waals surface area contributed by atoms with Crippen molar-refractivity contribution in [1.82, 2.24) is 5.43 Å². The number of nitrogens with zero attached hydrogens (tertiary/aromatic N) is 2. The van der Waals surface area contributed by atoms with Crippen LogP contribution in [0.5, 0.6) is 0 Å². The van der Waals surface area contributed by atoms with E-state index < -0.39 is 16.7 Å². The van der Waals surface area contributed by atoms with Crippen LogP contribution in [0.4, 0.5) is 11.4 Å². The molecule has 0 radical (unpaired) electrons. The molecule has 1 heterocycles. The molecule has 0 bridgehead atoms. The maximum atomic E-state index is 11.9. The van der Waals surface area contributed by atoms with Crippen LogP contribution in [0.2, 0.25) is 0 Å². The number of carbonyl (C=O) groups excluding carboxylic acids is 2. The average molecular weight is 406 g/mol. The van der Waals surface area contributed by atoms with Gasteiger partial charge < -0.3 is 9.73 Å². The van der Waals surface area contributed by atoms with Crippen molar-refractivity contribution in [1.29, 1.82) is 0 Å². The second-order valence-corrected chi connectivity index (χ2v) is 6.46. The highest BCUT2D eigenvalue weighted by molar-refractivity contribution is 6.39. The molecule has 3 rings (SSSR count). The summed E-state index contributed by atoms with van der Waals surface area (Å²) in [5.74, 6) is -0.962. The molecule has 2 N–H and O–H groups in total. The van der Waals surface area contributed by atoms with Gasteiger partial charge in [0.05, 0.1) is 11.1 Å². The van der Waals surface area contributed by atoms with E-state index in [2.05, 4.69) is 15.8 Å². The second kappa shape index (κ2) is 8.82. The Bertz CT molecular complexity index is 1130. The Labute approximate surface area is 171 Å². The highest BCUT2D eigenvalue weighted by atomic mass is 16.6. The maximum absolute atomic E-state index is 11.9. The van der Waals surface area contributed by atoms with Crippen molar-refractivity contribution >= 4 is 29.4 Å². The van der Waals surface area contributed by atoms with E-state index in [0.717, 1.165) is 11.1 Å². The van der Waals surface area contributed by atoms with Crippen molar-refractivity contribution in [3.05, 3.63) is 81.6 Å². The number of nitro benzene ring substituents is 1. The van der Waals surface area contributed by atoms with Gasteiger partial charge in [-0.2, -0.15) is 5.10 Å². The first-order chi connectivity index (χ1) is 14.3. The lowest BCUT2D eigenvalue weighted by Crippen LogP contribution is -2.32. The predicted molar refractivity (Wildman–Crippen MR) is 111 cm³/mol. The van der Waals surface area contributed by atoms with Crippen LogP contribution >= 0.6 is 0 Å². The normalized spacial score (nSPS) is 10.7. The van der Waals surface area contributed by atoms with Gasteiger partial charge in [0, 0.05) is 23.4 Å². The third kappa shape index (κ3) is 4.96. The largest absolute Gasteiger partial charge is 0.455 e. The number of aryl methyl sites for hydroxylation is 2. The molecule has 1 aromatic heterocycles. The van der Waals surface area contributed by atoms with Gasteiger partial charge in [-0.1, -0.05) is 6.07 Å². The van der Waals surface area contributed by atoms with Crippen LogP contribution in [0.15, 0.2) is 64.1 Å². The van der Waals surface area contributed by atoms with Gasteiger partial charge >= 0.3 is 11.8 Å². The summed E-state index contributed by atoms with van der Waals surface area (Å²) in [7, 11) is 0.